The molecular formula is C13H20N2O2. The van der Waals surface area contributed by atoms with Crippen LogP contribution in [0.1, 0.15) is 44.2 Å². The molecule has 0 aliphatic heterocycles. The van der Waals surface area contributed by atoms with E-state index in [1.165, 1.54) is 0 Å². The molecule has 0 spiro atoms. The van der Waals surface area contributed by atoms with Crippen molar-refractivity contribution in [2.24, 2.45) is 12.5 Å². The van der Waals surface area contributed by atoms with Gasteiger partial charge in [-0.2, -0.15) is 5.10 Å². The number of aryl methyl sites for hydroxylation is 1. The van der Waals surface area contributed by atoms with Gasteiger partial charge in [0.2, 0.25) is 0 Å². The molecule has 0 unspecified atom stereocenters. The molecule has 1 aliphatic carbocycles. The minimum atomic E-state index is -0.648. The molecule has 0 bridgehead atoms. The van der Waals surface area contributed by atoms with E-state index in [1.807, 2.05) is 19.3 Å². The molecule has 1 fully saturated rings. The number of aliphatic carboxylic acids is 1. The zero-order valence-corrected chi connectivity index (χ0v) is 10.4. The first-order valence-corrected chi connectivity index (χ1v) is 6.34. The van der Waals surface area contributed by atoms with Crippen LogP contribution in [-0.2, 0) is 18.3 Å². The van der Waals surface area contributed by atoms with Crippen LogP contribution in [0.15, 0.2) is 12.3 Å². The summed E-state index contributed by atoms with van der Waals surface area (Å²) >= 11 is 0. The summed E-state index contributed by atoms with van der Waals surface area (Å²) in [5.41, 5.74) is 0.321. The van der Waals surface area contributed by atoms with E-state index in [0.717, 1.165) is 44.2 Å². The average molecular weight is 236 g/mol. The third-order valence-electron chi connectivity index (χ3n) is 3.80. The molecule has 1 saturated carbocycles. The summed E-state index contributed by atoms with van der Waals surface area (Å²) in [5, 5.41) is 13.9. The van der Waals surface area contributed by atoms with Gasteiger partial charge in [0, 0.05) is 19.7 Å². The summed E-state index contributed by atoms with van der Waals surface area (Å²) in [6, 6.07) is 1.93. The van der Waals surface area contributed by atoms with Crippen molar-refractivity contribution in [1.82, 2.24) is 9.78 Å². The predicted molar refractivity (Wildman–Crippen MR) is 64.7 cm³/mol. The predicted octanol–water partition coefficient (Wildman–Crippen LogP) is 2.39. The maximum absolute atomic E-state index is 11.6. The van der Waals surface area contributed by atoms with E-state index in [9.17, 15) is 9.90 Å². The van der Waals surface area contributed by atoms with Gasteiger partial charge < -0.3 is 5.11 Å². The van der Waals surface area contributed by atoms with E-state index in [2.05, 4.69) is 5.10 Å². The Morgan fingerprint density at radius 3 is 2.53 bits per heavy atom. The summed E-state index contributed by atoms with van der Waals surface area (Å²) in [7, 11) is 1.87. The third-order valence-corrected chi connectivity index (χ3v) is 3.80. The largest absolute Gasteiger partial charge is 0.481 e. The first kappa shape index (κ1) is 12.1. The Hall–Kier alpha value is -1.32. The number of carbonyl (C=O) groups is 1. The Kier molecular flexibility index (Phi) is 3.50. The topological polar surface area (TPSA) is 55.1 Å². The fourth-order valence-corrected chi connectivity index (χ4v) is 2.78. The minimum absolute atomic E-state index is 0.573. The highest BCUT2D eigenvalue weighted by Gasteiger charge is 2.39. The van der Waals surface area contributed by atoms with Gasteiger partial charge in [-0.05, 0) is 18.9 Å². The minimum Gasteiger partial charge on any atom is -0.481 e. The van der Waals surface area contributed by atoms with Crippen molar-refractivity contribution < 1.29 is 9.90 Å². The summed E-state index contributed by atoms with van der Waals surface area (Å²) in [6.07, 6.45) is 8.41. The molecule has 1 aromatic rings. The number of aromatic nitrogens is 2. The number of carboxylic acid groups (broad SMARTS) is 1. The van der Waals surface area contributed by atoms with E-state index in [1.54, 1.807) is 4.68 Å². The highest BCUT2D eigenvalue weighted by atomic mass is 16.4. The van der Waals surface area contributed by atoms with Crippen LogP contribution < -0.4 is 0 Å². The SMILES string of the molecule is Cn1ccc(CC2(C(=O)O)CCCCCC2)n1. The summed E-state index contributed by atoms with van der Waals surface area (Å²) in [4.78, 5) is 11.6. The molecule has 4 nitrogen and oxygen atoms in total. The number of nitrogens with zero attached hydrogens (tertiary/aromatic N) is 2. The second kappa shape index (κ2) is 4.90. The van der Waals surface area contributed by atoms with Crippen molar-refractivity contribution >= 4 is 5.97 Å². The Bertz CT molecular complexity index is 390. The Morgan fingerprint density at radius 1 is 1.41 bits per heavy atom. The van der Waals surface area contributed by atoms with Crippen LogP contribution in [0.5, 0.6) is 0 Å². The van der Waals surface area contributed by atoms with Crippen LogP contribution in [0, 0.1) is 5.41 Å². The average Bonchev–Trinajstić information content (AvgIpc) is 2.54. The fourth-order valence-electron chi connectivity index (χ4n) is 2.78. The van der Waals surface area contributed by atoms with E-state index in [4.69, 9.17) is 0 Å². The molecule has 0 radical (unpaired) electrons. The lowest BCUT2D eigenvalue weighted by atomic mass is 9.76. The second-order valence-electron chi connectivity index (χ2n) is 5.16. The van der Waals surface area contributed by atoms with Gasteiger partial charge in [0.15, 0.2) is 0 Å². The molecule has 1 aliphatic rings. The molecule has 0 saturated heterocycles. The first-order chi connectivity index (χ1) is 8.12. The van der Waals surface area contributed by atoms with Gasteiger partial charge in [-0.25, -0.2) is 0 Å². The molecule has 94 valence electrons. The van der Waals surface area contributed by atoms with Crippen LogP contribution >= 0.6 is 0 Å². The molecule has 0 atom stereocenters. The van der Waals surface area contributed by atoms with E-state index in [0.29, 0.717) is 6.42 Å². The van der Waals surface area contributed by atoms with E-state index in [-0.39, 0.29) is 0 Å². The van der Waals surface area contributed by atoms with E-state index < -0.39 is 11.4 Å². The highest BCUT2D eigenvalue weighted by Crippen LogP contribution is 2.38. The number of rotatable bonds is 3. The van der Waals surface area contributed by atoms with Gasteiger partial charge >= 0.3 is 5.97 Å². The molecule has 1 heterocycles. The summed E-state index contributed by atoms with van der Waals surface area (Å²) in [6.45, 7) is 0. The van der Waals surface area contributed by atoms with Crippen LogP contribution in [0.3, 0.4) is 0 Å². The van der Waals surface area contributed by atoms with Crippen LogP contribution in [0.4, 0.5) is 0 Å². The highest BCUT2D eigenvalue weighted by molar-refractivity contribution is 5.75. The summed E-state index contributed by atoms with van der Waals surface area (Å²) in [5.74, 6) is -0.648. The normalized spacial score (nSPS) is 19.8. The lowest BCUT2D eigenvalue weighted by Gasteiger charge is -2.27. The Labute approximate surface area is 102 Å². The van der Waals surface area contributed by atoms with Gasteiger partial charge in [0.1, 0.15) is 0 Å². The van der Waals surface area contributed by atoms with Crippen LogP contribution in [-0.4, -0.2) is 20.9 Å². The van der Waals surface area contributed by atoms with E-state index >= 15 is 0 Å². The van der Waals surface area contributed by atoms with Crippen molar-refractivity contribution in [1.29, 1.82) is 0 Å². The quantitative estimate of drug-likeness (QED) is 0.820. The van der Waals surface area contributed by atoms with Gasteiger partial charge in [-0.15, -0.1) is 0 Å². The van der Waals surface area contributed by atoms with Crippen LogP contribution in [0.2, 0.25) is 0 Å². The van der Waals surface area contributed by atoms with Crippen molar-refractivity contribution in [2.75, 3.05) is 0 Å². The molecule has 2 rings (SSSR count). The van der Waals surface area contributed by atoms with Crippen molar-refractivity contribution in [3.8, 4) is 0 Å². The standard InChI is InChI=1S/C13H20N2O2/c1-15-9-6-11(14-15)10-13(12(16)17)7-4-2-3-5-8-13/h6,9H,2-5,7-8,10H2,1H3,(H,16,17). The van der Waals surface area contributed by atoms with Gasteiger partial charge in [0.05, 0.1) is 11.1 Å². The molecule has 1 aromatic heterocycles. The molecule has 4 heteroatoms. The lowest BCUT2D eigenvalue weighted by molar-refractivity contribution is -0.149. The van der Waals surface area contributed by atoms with Crippen molar-refractivity contribution in [3.05, 3.63) is 18.0 Å². The first-order valence-electron chi connectivity index (χ1n) is 6.34. The summed E-state index contributed by atoms with van der Waals surface area (Å²) < 4.78 is 1.74. The van der Waals surface area contributed by atoms with Crippen molar-refractivity contribution in [3.63, 3.8) is 0 Å². The number of carboxylic acids is 1. The third kappa shape index (κ3) is 2.68. The molecule has 1 N–H and O–H groups in total. The second-order valence-corrected chi connectivity index (χ2v) is 5.16. The van der Waals surface area contributed by atoms with Crippen molar-refractivity contribution in [2.45, 2.75) is 44.9 Å². The number of hydrogen-bond donors (Lipinski definition) is 1. The molecule has 17 heavy (non-hydrogen) atoms. The lowest BCUT2D eigenvalue weighted by Crippen LogP contribution is -2.33. The maximum Gasteiger partial charge on any atom is 0.310 e. The molecular weight excluding hydrogens is 216 g/mol. The Balaban J connectivity index is 2.18. The van der Waals surface area contributed by atoms with Gasteiger partial charge in [-0.1, -0.05) is 25.7 Å². The fraction of sp³-hybridized carbons (Fsp3) is 0.692. The number of hydrogen-bond acceptors (Lipinski definition) is 2. The smallest absolute Gasteiger partial charge is 0.310 e. The monoisotopic (exact) mass is 236 g/mol. The van der Waals surface area contributed by atoms with Gasteiger partial charge in [0.25, 0.3) is 0 Å². The van der Waals surface area contributed by atoms with Crippen LogP contribution in [0.25, 0.3) is 0 Å². The van der Waals surface area contributed by atoms with Gasteiger partial charge in [-0.3, -0.25) is 9.48 Å². The molecule has 0 amide bonds. The zero-order chi connectivity index (χ0) is 12.3. The zero-order valence-electron chi connectivity index (χ0n) is 10.4. The Morgan fingerprint density at radius 2 is 2.06 bits per heavy atom. The maximum atomic E-state index is 11.6. The molecule has 0 aromatic carbocycles.